The lowest BCUT2D eigenvalue weighted by atomic mass is 10.1. The number of primary amides is 1. The monoisotopic (exact) mass is 247 g/mol. The van der Waals surface area contributed by atoms with Gasteiger partial charge in [-0.25, -0.2) is 4.98 Å². The highest BCUT2D eigenvalue weighted by Crippen LogP contribution is 2.20. The quantitative estimate of drug-likeness (QED) is 0.869. The molecule has 1 atom stereocenters. The van der Waals surface area contributed by atoms with Crippen molar-refractivity contribution in [2.24, 2.45) is 5.73 Å². The first kappa shape index (κ1) is 11.6. The summed E-state index contributed by atoms with van der Waals surface area (Å²) in [6.07, 6.45) is 0. The third-order valence-electron chi connectivity index (χ3n) is 2.36. The molecule has 0 bridgehead atoms. The first-order valence-electron chi connectivity index (χ1n) is 5.17. The summed E-state index contributed by atoms with van der Waals surface area (Å²) in [7, 11) is 0. The van der Waals surface area contributed by atoms with Crippen molar-refractivity contribution in [3.63, 3.8) is 0 Å². The van der Waals surface area contributed by atoms with Crippen molar-refractivity contribution < 1.29 is 4.79 Å². The first-order chi connectivity index (χ1) is 8.16. The molecule has 1 unspecified atom stereocenters. The SMILES string of the molecule is Cc1cccc(NC(C(N)=O)c2cscn2)c1. The van der Waals surface area contributed by atoms with E-state index in [1.54, 1.807) is 5.51 Å². The molecule has 0 fully saturated rings. The highest BCUT2D eigenvalue weighted by atomic mass is 32.1. The van der Waals surface area contributed by atoms with Crippen LogP contribution in [0.25, 0.3) is 0 Å². The molecule has 4 nitrogen and oxygen atoms in total. The largest absolute Gasteiger partial charge is 0.369 e. The van der Waals surface area contributed by atoms with Crippen LogP contribution in [0.15, 0.2) is 35.2 Å². The molecule has 1 aromatic carbocycles. The van der Waals surface area contributed by atoms with Gasteiger partial charge in [0.25, 0.3) is 0 Å². The zero-order valence-electron chi connectivity index (χ0n) is 9.38. The van der Waals surface area contributed by atoms with Gasteiger partial charge < -0.3 is 11.1 Å². The Kier molecular flexibility index (Phi) is 3.39. The van der Waals surface area contributed by atoms with Crippen LogP contribution in [0.4, 0.5) is 5.69 Å². The molecule has 0 aliphatic heterocycles. The number of thiazole rings is 1. The van der Waals surface area contributed by atoms with Gasteiger partial charge in [-0.15, -0.1) is 11.3 Å². The molecular weight excluding hydrogens is 234 g/mol. The number of nitrogens with one attached hydrogen (secondary N) is 1. The lowest BCUT2D eigenvalue weighted by Gasteiger charge is -2.14. The summed E-state index contributed by atoms with van der Waals surface area (Å²) in [5.41, 5.74) is 9.70. The normalized spacial score (nSPS) is 12.1. The minimum atomic E-state index is -0.581. The van der Waals surface area contributed by atoms with E-state index in [0.29, 0.717) is 5.69 Å². The number of aromatic nitrogens is 1. The van der Waals surface area contributed by atoms with E-state index in [0.717, 1.165) is 11.3 Å². The Morgan fingerprint density at radius 2 is 2.35 bits per heavy atom. The van der Waals surface area contributed by atoms with Gasteiger partial charge in [0.1, 0.15) is 6.04 Å². The van der Waals surface area contributed by atoms with Crippen molar-refractivity contribution in [3.8, 4) is 0 Å². The molecule has 17 heavy (non-hydrogen) atoms. The average Bonchev–Trinajstić information content (AvgIpc) is 2.78. The van der Waals surface area contributed by atoms with Crippen LogP contribution in [0.1, 0.15) is 17.3 Å². The number of hydrogen-bond acceptors (Lipinski definition) is 4. The summed E-state index contributed by atoms with van der Waals surface area (Å²) in [5.74, 6) is -0.433. The highest BCUT2D eigenvalue weighted by Gasteiger charge is 2.19. The van der Waals surface area contributed by atoms with Crippen LogP contribution in [0, 0.1) is 6.92 Å². The Morgan fingerprint density at radius 1 is 1.53 bits per heavy atom. The second-order valence-corrected chi connectivity index (χ2v) is 4.48. The third kappa shape index (κ3) is 2.82. The van der Waals surface area contributed by atoms with Crippen LogP contribution >= 0.6 is 11.3 Å². The number of carbonyl (C=O) groups excluding carboxylic acids is 1. The number of carbonyl (C=O) groups is 1. The fraction of sp³-hybridized carbons (Fsp3) is 0.167. The van der Waals surface area contributed by atoms with E-state index in [-0.39, 0.29) is 0 Å². The number of nitrogens with two attached hydrogens (primary N) is 1. The molecule has 1 heterocycles. The minimum Gasteiger partial charge on any atom is -0.369 e. The molecule has 0 radical (unpaired) electrons. The zero-order chi connectivity index (χ0) is 12.3. The Balaban J connectivity index is 2.22. The fourth-order valence-electron chi connectivity index (χ4n) is 1.56. The Hall–Kier alpha value is -1.88. The zero-order valence-corrected chi connectivity index (χ0v) is 10.2. The van der Waals surface area contributed by atoms with Gasteiger partial charge >= 0.3 is 0 Å². The van der Waals surface area contributed by atoms with E-state index in [9.17, 15) is 4.79 Å². The van der Waals surface area contributed by atoms with Gasteiger partial charge in [-0.1, -0.05) is 12.1 Å². The summed E-state index contributed by atoms with van der Waals surface area (Å²) < 4.78 is 0. The fourth-order valence-corrected chi connectivity index (χ4v) is 2.14. The summed E-state index contributed by atoms with van der Waals surface area (Å²) in [4.78, 5) is 15.5. The molecule has 0 spiro atoms. The predicted octanol–water partition coefficient (Wildman–Crippen LogP) is 2.09. The van der Waals surface area contributed by atoms with E-state index in [4.69, 9.17) is 5.73 Å². The van der Waals surface area contributed by atoms with Crippen molar-refractivity contribution in [1.82, 2.24) is 4.98 Å². The number of benzene rings is 1. The van der Waals surface area contributed by atoms with E-state index >= 15 is 0 Å². The van der Waals surface area contributed by atoms with E-state index in [1.165, 1.54) is 11.3 Å². The van der Waals surface area contributed by atoms with Gasteiger partial charge in [-0.3, -0.25) is 4.79 Å². The standard InChI is InChI=1S/C12H13N3OS/c1-8-3-2-4-9(5-8)15-11(12(13)16)10-6-17-7-14-10/h2-7,11,15H,1H3,(H2,13,16). The smallest absolute Gasteiger partial charge is 0.246 e. The van der Waals surface area contributed by atoms with E-state index in [2.05, 4.69) is 10.3 Å². The van der Waals surface area contributed by atoms with Crippen molar-refractivity contribution >= 4 is 22.9 Å². The number of rotatable bonds is 4. The topological polar surface area (TPSA) is 68.0 Å². The molecule has 1 aromatic heterocycles. The molecule has 1 amide bonds. The van der Waals surface area contributed by atoms with E-state index < -0.39 is 11.9 Å². The molecule has 5 heteroatoms. The number of amides is 1. The predicted molar refractivity (Wildman–Crippen MR) is 68.9 cm³/mol. The summed E-state index contributed by atoms with van der Waals surface area (Å²) in [6.45, 7) is 1.99. The van der Waals surface area contributed by atoms with Gasteiger partial charge in [0.05, 0.1) is 11.2 Å². The second-order valence-electron chi connectivity index (χ2n) is 3.76. The number of nitrogens with zero attached hydrogens (tertiary/aromatic N) is 1. The van der Waals surface area contributed by atoms with Crippen LogP contribution < -0.4 is 11.1 Å². The molecule has 88 valence electrons. The van der Waals surface area contributed by atoms with Crippen LogP contribution in [-0.2, 0) is 4.79 Å². The van der Waals surface area contributed by atoms with Gasteiger partial charge in [-0.2, -0.15) is 0 Å². The Labute approximate surface area is 103 Å². The Morgan fingerprint density at radius 3 is 2.94 bits per heavy atom. The molecule has 0 saturated heterocycles. The average molecular weight is 247 g/mol. The Bertz CT molecular complexity index is 510. The maximum atomic E-state index is 11.4. The highest BCUT2D eigenvalue weighted by molar-refractivity contribution is 7.07. The van der Waals surface area contributed by atoms with Gasteiger partial charge in [-0.05, 0) is 24.6 Å². The molecule has 0 saturated carbocycles. The van der Waals surface area contributed by atoms with Crippen LogP contribution in [-0.4, -0.2) is 10.9 Å². The first-order valence-corrected chi connectivity index (χ1v) is 6.11. The molecule has 0 aliphatic rings. The number of anilines is 1. The lowest BCUT2D eigenvalue weighted by Crippen LogP contribution is -2.27. The number of aryl methyl sites for hydroxylation is 1. The summed E-state index contributed by atoms with van der Waals surface area (Å²) in [6, 6.07) is 7.20. The van der Waals surface area contributed by atoms with Crippen LogP contribution in [0.2, 0.25) is 0 Å². The molecule has 0 aliphatic carbocycles. The van der Waals surface area contributed by atoms with E-state index in [1.807, 2.05) is 36.6 Å². The molecular formula is C12H13N3OS. The molecule has 2 aromatic rings. The van der Waals surface area contributed by atoms with Gasteiger partial charge in [0.15, 0.2) is 0 Å². The summed E-state index contributed by atoms with van der Waals surface area (Å²) >= 11 is 1.44. The maximum Gasteiger partial charge on any atom is 0.246 e. The van der Waals surface area contributed by atoms with Gasteiger partial charge in [0, 0.05) is 11.1 Å². The lowest BCUT2D eigenvalue weighted by molar-refractivity contribution is -0.118. The third-order valence-corrected chi connectivity index (χ3v) is 2.97. The second kappa shape index (κ2) is 4.97. The van der Waals surface area contributed by atoms with Crippen molar-refractivity contribution in [2.45, 2.75) is 13.0 Å². The van der Waals surface area contributed by atoms with Crippen molar-refractivity contribution in [2.75, 3.05) is 5.32 Å². The minimum absolute atomic E-state index is 0.433. The van der Waals surface area contributed by atoms with Crippen LogP contribution in [0.5, 0.6) is 0 Å². The van der Waals surface area contributed by atoms with Crippen LogP contribution in [0.3, 0.4) is 0 Å². The summed E-state index contributed by atoms with van der Waals surface area (Å²) in [5, 5.41) is 4.91. The molecule has 3 N–H and O–H groups in total. The molecule has 2 rings (SSSR count). The maximum absolute atomic E-state index is 11.4. The van der Waals surface area contributed by atoms with Gasteiger partial charge in [0.2, 0.25) is 5.91 Å². The van der Waals surface area contributed by atoms with Crippen molar-refractivity contribution in [3.05, 3.63) is 46.4 Å². The van der Waals surface area contributed by atoms with Crippen molar-refractivity contribution in [1.29, 1.82) is 0 Å². The number of hydrogen-bond donors (Lipinski definition) is 2.